The molecule has 0 aliphatic heterocycles. The largest absolute Gasteiger partial charge is 0.422 e. The van der Waals surface area contributed by atoms with E-state index in [9.17, 15) is 31.1 Å². The van der Waals surface area contributed by atoms with Crippen molar-refractivity contribution in [2.24, 2.45) is 0 Å². The summed E-state index contributed by atoms with van der Waals surface area (Å²) in [5.41, 5.74) is -3.40. The number of hydrogen-bond acceptors (Lipinski definition) is 3. The fraction of sp³-hybridized carbons (Fsp3) is 0.143. The molecule has 0 amide bonds. The number of benzene rings is 1. The van der Waals surface area contributed by atoms with Gasteiger partial charge in [-0.2, -0.15) is 26.3 Å². The zero-order chi connectivity index (χ0) is 17.3. The van der Waals surface area contributed by atoms with Crippen LogP contribution >= 0.6 is 0 Å². The summed E-state index contributed by atoms with van der Waals surface area (Å²) in [5.74, 6) is -2.04. The minimum Gasteiger partial charge on any atom is -0.422 e. The van der Waals surface area contributed by atoms with Crippen LogP contribution < -0.4 is 4.74 Å². The second-order valence-corrected chi connectivity index (χ2v) is 4.35. The van der Waals surface area contributed by atoms with Crippen LogP contribution in [0.25, 0.3) is 0 Å². The molecule has 0 atom stereocenters. The number of hydrogen-bond donors (Lipinski definition) is 0. The van der Waals surface area contributed by atoms with Crippen molar-refractivity contribution < 1.29 is 35.9 Å². The quantitative estimate of drug-likeness (QED) is 0.466. The predicted octanol–water partition coefficient (Wildman–Crippen LogP) is 4.34. The van der Waals surface area contributed by atoms with Crippen LogP contribution in [-0.2, 0) is 12.4 Å². The number of pyridine rings is 1. The van der Waals surface area contributed by atoms with Gasteiger partial charge in [0.1, 0.15) is 11.4 Å². The van der Waals surface area contributed by atoms with Crippen molar-refractivity contribution in [3.05, 3.63) is 59.4 Å². The molecule has 2 rings (SSSR count). The standard InChI is InChI=1S/C14H7F6NO2/c15-13(16,17)8-5-9(14(18,19)20)7-10(6-8)23-12(22)11-3-1-2-4-21-11/h1-7H. The van der Waals surface area contributed by atoms with Crippen molar-refractivity contribution in [3.8, 4) is 5.75 Å². The van der Waals surface area contributed by atoms with Crippen molar-refractivity contribution in [2.75, 3.05) is 0 Å². The van der Waals surface area contributed by atoms with Crippen LogP contribution in [0.4, 0.5) is 26.3 Å². The van der Waals surface area contributed by atoms with Gasteiger partial charge < -0.3 is 4.74 Å². The first-order valence-corrected chi connectivity index (χ1v) is 6.00. The fourth-order valence-electron chi connectivity index (χ4n) is 1.63. The first-order valence-electron chi connectivity index (χ1n) is 6.00. The van der Waals surface area contributed by atoms with E-state index in [0.29, 0.717) is 12.1 Å². The van der Waals surface area contributed by atoms with Gasteiger partial charge in [0.05, 0.1) is 11.1 Å². The van der Waals surface area contributed by atoms with E-state index in [0.717, 1.165) is 0 Å². The predicted molar refractivity (Wildman–Crippen MR) is 65.6 cm³/mol. The molecule has 0 aliphatic carbocycles. The molecule has 0 unspecified atom stereocenters. The lowest BCUT2D eigenvalue weighted by atomic mass is 10.1. The second-order valence-electron chi connectivity index (χ2n) is 4.35. The number of aromatic nitrogens is 1. The zero-order valence-corrected chi connectivity index (χ0v) is 11.1. The monoisotopic (exact) mass is 335 g/mol. The molecule has 0 aliphatic rings. The minimum absolute atomic E-state index is 0.0574. The van der Waals surface area contributed by atoms with Gasteiger partial charge in [-0.25, -0.2) is 9.78 Å². The number of nitrogens with zero attached hydrogens (tertiary/aromatic N) is 1. The summed E-state index contributed by atoms with van der Waals surface area (Å²) >= 11 is 0. The molecule has 1 aromatic carbocycles. The van der Waals surface area contributed by atoms with Crippen LogP contribution in [0.1, 0.15) is 21.6 Å². The van der Waals surface area contributed by atoms with Gasteiger partial charge in [-0.1, -0.05) is 6.07 Å². The Morgan fingerprint density at radius 1 is 0.913 bits per heavy atom. The maximum Gasteiger partial charge on any atom is 0.416 e. The molecule has 0 radical (unpaired) electrons. The molecule has 3 nitrogen and oxygen atoms in total. The summed E-state index contributed by atoms with van der Waals surface area (Å²) in [4.78, 5) is 15.3. The third-order valence-electron chi connectivity index (χ3n) is 2.65. The van der Waals surface area contributed by atoms with E-state index in [1.165, 1.54) is 24.4 Å². The highest BCUT2D eigenvalue weighted by Crippen LogP contribution is 2.38. The lowest BCUT2D eigenvalue weighted by molar-refractivity contribution is -0.143. The van der Waals surface area contributed by atoms with Gasteiger partial charge in [-0.15, -0.1) is 0 Å². The molecular formula is C14H7F6NO2. The van der Waals surface area contributed by atoms with Crippen molar-refractivity contribution in [3.63, 3.8) is 0 Å². The highest BCUT2D eigenvalue weighted by Gasteiger charge is 2.37. The van der Waals surface area contributed by atoms with E-state index in [1.54, 1.807) is 0 Å². The summed E-state index contributed by atoms with van der Waals surface area (Å²) in [7, 11) is 0. The van der Waals surface area contributed by atoms with Gasteiger partial charge in [0.25, 0.3) is 0 Å². The Balaban J connectivity index is 2.40. The first kappa shape index (κ1) is 16.8. The van der Waals surface area contributed by atoms with E-state index in [2.05, 4.69) is 9.72 Å². The lowest BCUT2D eigenvalue weighted by Gasteiger charge is -2.14. The van der Waals surface area contributed by atoms with Crippen molar-refractivity contribution >= 4 is 5.97 Å². The van der Waals surface area contributed by atoms with E-state index in [-0.39, 0.29) is 11.8 Å². The molecule has 1 aromatic heterocycles. The molecule has 122 valence electrons. The third-order valence-corrected chi connectivity index (χ3v) is 2.65. The maximum atomic E-state index is 12.7. The van der Waals surface area contributed by atoms with Gasteiger partial charge in [0.2, 0.25) is 0 Å². The van der Waals surface area contributed by atoms with Crippen LogP contribution in [0.15, 0.2) is 42.6 Å². The molecule has 2 aromatic rings. The van der Waals surface area contributed by atoms with Crippen LogP contribution in [0.3, 0.4) is 0 Å². The Morgan fingerprint density at radius 3 is 1.91 bits per heavy atom. The Morgan fingerprint density at radius 2 is 1.48 bits per heavy atom. The van der Waals surface area contributed by atoms with E-state index in [1.807, 2.05) is 0 Å². The Hall–Kier alpha value is -2.58. The number of rotatable bonds is 2. The van der Waals surface area contributed by atoms with Gasteiger partial charge in [0.15, 0.2) is 0 Å². The Kier molecular flexibility index (Phi) is 4.31. The summed E-state index contributed by atoms with van der Waals surface area (Å²) in [6, 6.07) is 4.67. The number of alkyl halides is 6. The average Bonchev–Trinajstić information content (AvgIpc) is 2.46. The van der Waals surface area contributed by atoms with Crippen LogP contribution in [-0.4, -0.2) is 11.0 Å². The van der Waals surface area contributed by atoms with E-state index >= 15 is 0 Å². The Bertz CT molecular complexity index is 677. The minimum atomic E-state index is -5.02. The zero-order valence-electron chi connectivity index (χ0n) is 11.1. The maximum absolute atomic E-state index is 12.7. The normalized spacial score (nSPS) is 12.1. The topological polar surface area (TPSA) is 39.2 Å². The number of ether oxygens (including phenoxy) is 1. The van der Waals surface area contributed by atoms with Crippen molar-refractivity contribution in [1.29, 1.82) is 0 Å². The molecule has 0 N–H and O–H groups in total. The first-order chi connectivity index (χ1) is 10.6. The molecule has 0 saturated carbocycles. The number of carbonyl (C=O) groups is 1. The van der Waals surface area contributed by atoms with E-state index in [4.69, 9.17) is 0 Å². The summed E-state index contributed by atoms with van der Waals surface area (Å²) < 4.78 is 80.6. The molecule has 23 heavy (non-hydrogen) atoms. The van der Waals surface area contributed by atoms with E-state index < -0.39 is 35.2 Å². The highest BCUT2D eigenvalue weighted by atomic mass is 19.4. The number of carbonyl (C=O) groups excluding carboxylic acids is 1. The SMILES string of the molecule is O=C(Oc1cc(C(F)(F)F)cc(C(F)(F)F)c1)c1ccccn1. The molecule has 0 bridgehead atoms. The summed E-state index contributed by atoms with van der Waals surface area (Å²) in [6.07, 6.45) is -8.81. The second kappa shape index (κ2) is 5.90. The summed E-state index contributed by atoms with van der Waals surface area (Å²) in [5, 5.41) is 0. The molecule has 0 spiro atoms. The fourth-order valence-corrected chi connectivity index (χ4v) is 1.63. The smallest absolute Gasteiger partial charge is 0.416 e. The van der Waals surface area contributed by atoms with Crippen molar-refractivity contribution in [1.82, 2.24) is 4.98 Å². The lowest BCUT2D eigenvalue weighted by Crippen LogP contribution is -2.14. The van der Waals surface area contributed by atoms with Gasteiger partial charge in [0, 0.05) is 6.20 Å². The van der Waals surface area contributed by atoms with Crippen LogP contribution in [0, 0.1) is 0 Å². The molecule has 1 heterocycles. The average molecular weight is 335 g/mol. The van der Waals surface area contributed by atoms with Gasteiger partial charge in [-0.05, 0) is 30.3 Å². The molecule has 9 heteroatoms. The number of halogens is 6. The summed E-state index contributed by atoms with van der Waals surface area (Å²) in [6.45, 7) is 0. The molecule has 0 saturated heterocycles. The third kappa shape index (κ3) is 4.21. The molecular weight excluding hydrogens is 328 g/mol. The van der Waals surface area contributed by atoms with Crippen LogP contribution in [0.2, 0.25) is 0 Å². The number of esters is 1. The van der Waals surface area contributed by atoms with Gasteiger partial charge >= 0.3 is 18.3 Å². The van der Waals surface area contributed by atoms with Crippen LogP contribution in [0.5, 0.6) is 5.75 Å². The highest BCUT2D eigenvalue weighted by molar-refractivity contribution is 5.88. The van der Waals surface area contributed by atoms with Gasteiger partial charge in [-0.3, -0.25) is 0 Å². The molecule has 0 fully saturated rings. The van der Waals surface area contributed by atoms with Crippen molar-refractivity contribution in [2.45, 2.75) is 12.4 Å². The Labute approximate surface area is 125 Å².